The van der Waals surface area contributed by atoms with Crippen molar-refractivity contribution in [3.05, 3.63) is 129 Å². The Morgan fingerprint density at radius 1 is 0.911 bits per heavy atom. The molecule has 3 heterocycles. The number of nitro benzene ring substituents is 1. The Hall–Kier alpha value is -5.77. The fourth-order valence-electron chi connectivity index (χ4n) is 7.21. The van der Waals surface area contributed by atoms with Crippen LogP contribution in [0.3, 0.4) is 0 Å². The largest absolute Gasteiger partial charge is 0.497 e. The number of amides is 1. The minimum absolute atomic E-state index is 0.164. The Labute approximate surface area is 258 Å². The van der Waals surface area contributed by atoms with Crippen molar-refractivity contribution >= 4 is 40.6 Å². The second-order valence-electron chi connectivity index (χ2n) is 11.2. The van der Waals surface area contributed by atoms with Crippen molar-refractivity contribution in [3.8, 4) is 11.5 Å². The van der Waals surface area contributed by atoms with E-state index in [4.69, 9.17) is 9.47 Å². The van der Waals surface area contributed by atoms with Gasteiger partial charge in [-0.1, -0.05) is 48.6 Å². The molecule has 0 aromatic heterocycles. The summed E-state index contributed by atoms with van der Waals surface area (Å²) in [5.41, 5.74) is 1.33. The molecule has 0 saturated carbocycles. The van der Waals surface area contributed by atoms with Gasteiger partial charge in [-0.05, 0) is 53.6 Å². The van der Waals surface area contributed by atoms with Crippen LogP contribution in [-0.2, 0) is 10.2 Å². The molecule has 1 fully saturated rings. The zero-order valence-corrected chi connectivity index (χ0v) is 24.3. The predicted octanol–water partition coefficient (Wildman–Crippen LogP) is 5.47. The van der Waals surface area contributed by atoms with Gasteiger partial charge >= 0.3 is 0 Å². The lowest BCUT2D eigenvalue weighted by molar-refractivity contribution is -0.384. The number of fused-ring (bicyclic) bond motifs is 6. The molecule has 45 heavy (non-hydrogen) atoms. The maximum atomic E-state index is 15.1. The first-order valence-corrected chi connectivity index (χ1v) is 14.3. The normalized spacial score (nSPS) is 22.3. The van der Waals surface area contributed by atoms with Gasteiger partial charge in [-0.2, -0.15) is 0 Å². The summed E-state index contributed by atoms with van der Waals surface area (Å²) in [6, 6.07) is 23.0. The molecule has 3 aliphatic rings. The number of benzene rings is 4. The van der Waals surface area contributed by atoms with Crippen LogP contribution in [0.4, 0.5) is 17.1 Å². The number of anilines is 2. The van der Waals surface area contributed by atoms with Gasteiger partial charge in [0.1, 0.15) is 23.0 Å². The van der Waals surface area contributed by atoms with Crippen molar-refractivity contribution in [1.29, 1.82) is 0 Å². The molecule has 224 valence electrons. The summed E-state index contributed by atoms with van der Waals surface area (Å²) in [6.45, 7) is 0. The second-order valence-corrected chi connectivity index (χ2v) is 11.2. The second kappa shape index (κ2) is 10.4. The summed E-state index contributed by atoms with van der Waals surface area (Å²) >= 11 is 0. The highest BCUT2D eigenvalue weighted by molar-refractivity contribution is 6.19. The molecule has 4 atom stereocenters. The van der Waals surface area contributed by atoms with Gasteiger partial charge in [0.15, 0.2) is 11.6 Å². The van der Waals surface area contributed by atoms with E-state index in [1.165, 1.54) is 38.5 Å². The van der Waals surface area contributed by atoms with E-state index in [1.54, 1.807) is 30.3 Å². The predicted molar refractivity (Wildman–Crippen MR) is 167 cm³/mol. The molecule has 4 aromatic rings. The monoisotopic (exact) mass is 601 g/mol. The number of nitrogens with zero attached hydrogens (tertiary/aromatic N) is 2. The first-order valence-electron chi connectivity index (χ1n) is 14.3. The number of ether oxygens (including phenoxy) is 2. The Morgan fingerprint density at radius 3 is 2.38 bits per heavy atom. The van der Waals surface area contributed by atoms with E-state index >= 15 is 4.79 Å². The average Bonchev–Trinajstić information content (AvgIpc) is 3.55. The Bertz CT molecular complexity index is 1940. The zero-order chi connectivity index (χ0) is 31.5. The van der Waals surface area contributed by atoms with Gasteiger partial charge in [-0.25, -0.2) is 0 Å². The SMILES string of the molecule is COc1ccc(OC)c(C(=O)[C@@H]2[C@@H](C(=O)c3ccc([N+](=O)[O-])cc3)N3c4ccccc4C=C[C@@H]3[C@@]23C(=O)Nc2ccccc23)c1. The summed E-state index contributed by atoms with van der Waals surface area (Å²) in [5.74, 6) is -1.89. The van der Waals surface area contributed by atoms with Crippen LogP contribution >= 0.6 is 0 Å². The van der Waals surface area contributed by atoms with Crippen LogP contribution in [0.15, 0.2) is 97.1 Å². The third kappa shape index (κ3) is 3.98. The van der Waals surface area contributed by atoms with Gasteiger partial charge in [0.2, 0.25) is 5.91 Å². The lowest BCUT2D eigenvalue weighted by Gasteiger charge is -2.37. The molecule has 10 nitrogen and oxygen atoms in total. The maximum absolute atomic E-state index is 15.1. The molecular weight excluding hydrogens is 574 g/mol. The number of ketones is 2. The minimum Gasteiger partial charge on any atom is -0.497 e. The first-order chi connectivity index (χ1) is 21.8. The van der Waals surface area contributed by atoms with Gasteiger partial charge in [-0.15, -0.1) is 0 Å². The quantitative estimate of drug-likeness (QED) is 0.168. The van der Waals surface area contributed by atoms with Gasteiger partial charge < -0.3 is 19.7 Å². The van der Waals surface area contributed by atoms with E-state index < -0.39 is 45.8 Å². The van der Waals surface area contributed by atoms with Crippen molar-refractivity contribution in [1.82, 2.24) is 0 Å². The number of nitro groups is 1. The van der Waals surface area contributed by atoms with Crippen LogP contribution in [0, 0.1) is 16.0 Å². The Balaban J connectivity index is 1.53. The van der Waals surface area contributed by atoms with Crippen molar-refractivity contribution < 1.29 is 28.8 Å². The van der Waals surface area contributed by atoms with E-state index in [0.29, 0.717) is 22.7 Å². The average molecular weight is 602 g/mol. The van der Waals surface area contributed by atoms with E-state index in [-0.39, 0.29) is 22.6 Å². The van der Waals surface area contributed by atoms with Gasteiger partial charge in [0, 0.05) is 29.1 Å². The molecule has 1 saturated heterocycles. The number of nitrogens with one attached hydrogen (secondary N) is 1. The molecule has 7 rings (SSSR count). The number of para-hydroxylation sites is 2. The number of methoxy groups -OCH3 is 2. The van der Waals surface area contributed by atoms with Crippen LogP contribution in [0.5, 0.6) is 11.5 Å². The van der Waals surface area contributed by atoms with Crippen LogP contribution in [0.25, 0.3) is 6.08 Å². The fourth-order valence-corrected chi connectivity index (χ4v) is 7.21. The maximum Gasteiger partial charge on any atom is 0.269 e. The standard InChI is InChI=1S/C35H27N3O7/c1-44-23-16-17-28(45-2)24(19-23)33(40)30-31(32(39)21-11-14-22(15-12-21)38(42)43)37-27-10-6-3-7-20(27)13-18-29(37)35(30)25-8-4-5-9-26(25)36-34(35)41/h3-19,29-31H,1-2H3,(H,36,41)/t29-,30+,31+,35-/m1/s1. The summed E-state index contributed by atoms with van der Waals surface area (Å²) < 4.78 is 11.1. The molecule has 0 bridgehead atoms. The number of hydrogen-bond donors (Lipinski definition) is 1. The lowest BCUT2D eigenvalue weighted by Crippen LogP contribution is -2.51. The highest BCUT2D eigenvalue weighted by atomic mass is 16.6. The summed E-state index contributed by atoms with van der Waals surface area (Å²) in [4.78, 5) is 57.2. The molecule has 0 unspecified atom stereocenters. The number of hydrogen-bond acceptors (Lipinski definition) is 8. The number of rotatable bonds is 7. The first kappa shape index (κ1) is 28.0. The van der Waals surface area contributed by atoms with Crippen LogP contribution in [0.2, 0.25) is 0 Å². The number of Topliss-reactive ketones (excluding diaryl/α,β-unsaturated/α-hetero) is 2. The topological polar surface area (TPSA) is 128 Å². The summed E-state index contributed by atoms with van der Waals surface area (Å²) in [5, 5.41) is 14.4. The molecule has 1 N–H and O–H groups in total. The lowest BCUT2D eigenvalue weighted by atomic mass is 9.64. The highest BCUT2D eigenvalue weighted by Gasteiger charge is 2.70. The van der Waals surface area contributed by atoms with E-state index in [1.807, 2.05) is 53.5 Å². The fraction of sp³-hybridized carbons (Fsp3) is 0.171. The minimum atomic E-state index is -1.52. The zero-order valence-electron chi connectivity index (χ0n) is 24.3. The molecule has 1 amide bonds. The number of non-ortho nitro benzene ring substituents is 1. The van der Waals surface area contributed by atoms with Crippen molar-refractivity contribution in [2.45, 2.75) is 17.5 Å². The summed E-state index contributed by atoms with van der Waals surface area (Å²) in [6.07, 6.45) is 3.80. The van der Waals surface area contributed by atoms with Crippen molar-refractivity contribution in [2.24, 2.45) is 5.92 Å². The summed E-state index contributed by atoms with van der Waals surface area (Å²) in [7, 11) is 2.93. The van der Waals surface area contributed by atoms with Gasteiger partial charge in [0.05, 0.1) is 36.7 Å². The van der Waals surface area contributed by atoms with E-state index in [9.17, 15) is 19.7 Å². The van der Waals surface area contributed by atoms with E-state index in [0.717, 1.165) is 5.56 Å². The van der Waals surface area contributed by atoms with Crippen molar-refractivity contribution in [2.75, 3.05) is 24.4 Å². The molecule has 4 aromatic carbocycles. The third-order valence-electron chi connectivity index (χ3n) is 9.13. The molecule has 3 aliphatic heterocycles. The molecule has 10 heteroatoms. The number of carbonyl (C=O) groups is 3. The Kier molecular flexibility index (Phi) is 6.50. The molecule has 0 radical (unpaired) electrons. The molecule has 1 spiro atoms. The number of carbonyl (C=O) groups excluding carboxylic acids is 3. The molecular formula is C35H27N3O7. The van der Waals surface area contributed by atoms with Crippen LogP contribution < -0.4 is 19.7 Å². The highest BCUT2D eigenvalue weighted by Crippen LogP contribution is 2.58. The van der Waals surface area contributed by atoms with Crippen LogP contribution in [0.1, 0.15) is 31.8 Å². The third-order valence-corrected chi connectivity index (χ3v) is 9.13. The Morgan fingerprint density at radius 2 is 1.64 bits per heavy atom. The molecule has 0 aliphatic carbocycles. The van der Waals surface area contributed by atoms with E-state index in [2.05, 4.69) is 5.32 Å². The van der Waals surface area contributed by atoms with Crippen molar-refractivity contribution in [3.63, 3.8) is 0 Å². The smallest absolute Gasteiger partial charge is 0.269 e. The van der Waals surface area contributed by atoms with Crippen LogP contribution in [-0.4, -0.2) is 48.7 Å². The van der Waals surface area contributed by atoms with Gasteiger partial charge in [0.25, 0.3) is 5.69 Å². The van der Waals surface area contributed by atoms with Gasteiger partial charge in [-0.3, -0.25) is 24.5 Å².